The highest BCUT2D eigenvalue weighted by Gasteiger charge is 2.06. The van der Waals surface area contributed by atoms with E-state index in [4.69, 9.17) is 11.6 Å². The van der Waals surface area contributed by atoms with Gasteiger partial charge in [0.1, 0.15) is 5.15 Å². The summed E-state index contributed by atoms with van der Waals surface area (Å²) in [5.74, 6) is 1.84. The standard InChI is InChI=1S/C19H20ClN3OS/c20-18-11-14(7-8-21-18)13-25-10-9-22-19(24)6-5-15-12-23-17-4-2-1-3-16(15)17/h1-4,7-8,11-12,23H,5-6,9-10,13H2,(H,22,24). The number of nitrogens with one attached hydrogen (secondary N) is 2. The predicted molar refractivity (Wildman–Crippen MR) is 105 cm³/mol. The molecule has 1 aromatic carbocycles. The minimum Gasteiger partial charge on any atom is -0.361 e. The van der Waals surface area contributed by atoms with E-state index in [0.717, 1.165) is 29.0 Å². The third kappa shape index (κ3) is 5.25. The number of aryl methyl sites for hydroxylation is 1. The molecular formula is C19H20ClN3OS. The number of aromatic nitrogens is 2. The maximum atomic E-state index is 12.0. The van der Waals surface area contributed by atoms with Crippen LogP contribution in [0.15, 0.2) is 48.8 Å². The molecule has 3 aromatic rings. The van der Waals surface area contributed by atoms with Crippen LogP contribution in [0, 0.1) is 0 Å². The van der Waals surface area contributed by atoms with Crippen LogP contribution in [-0.4, -0.2) is 28.2 Å². The Kier molecular flexibility index (Phi) is 6.36. The van der Waals surface area contributed by atoms with E-state index in [1.807, 2.05) is 36.5 Å². The number of nitrogens with zero attached hydrogens (tertiary/aromatic N) is 1. The predicted octanol–water partition coefficient (Wildman–Crippen LogP) is 4.20. The highest BCUT2D eigenvalue weighted by atomic mass is 35.5. The van der Waals surface area contributed by atoms with Crippen LogP contribution in [0.1, 0.15) is 17.5 Å². The van der Waals surface area contributed by atoms with Gasteiger partial charge in [0, 0.05) is 47.8 Å². The zero-order valence-corrected chi connectivity index (χ0v) is 15.4. The molecule has 0 radical (unpaired) electrons. The summed E-state index contributed by atoms with van der Waals surface area (Å²) in [7, 11) is 0. The van der Waals surface area contributed by atoms with Crippen molar-refractivity contribution in [2.75, 3.05) is 12.3 Å². The third-order valence-electron chi connectivity index (χ3n) is 3.92. The SMILES string of the molecule is O=C(CCc1c[nH]c2ccccc12)NCCSCc1ccnc(Cl)c1. The zero-order valence-electron chi connectivity index (χ0n) is 13.8. The number of carbonyl (C=O) groups is 1. The molecule has 0 atom stereocenters. The summed E-state index contributed by atoms with van der Waals surface area (Å²) >= 11 is 7.63. The Bertz CT molecular complexity index is 849. The fourth-order valence-corrected chi connectivity index (χ4v) is 3.66. The summed E-state index contributed by atoms with van der Waals surface area (Å²) in [6.45, 7) is 0.677. The van der Waals surface area contributed by atoms with Crippen molar-refractivity contribution < 1.29 is 4.79 Å². The van der Waals surface area contributed by atoms with Crippen LogP contribution in [0.2, 0.25) is 5.15 Å². The Morgan fingerprint density at radius 3 is 3.04 bits per heavy atom. The minimum atomic E-state index is 0.0952. The first kappa shape index (κ1) is 17.8. The largest absolute Gasteiger partial charge is 0.361 e. The molecule has 0 bridgehead atoms. The number of amides is 1. The van der Waals surface area contributed by atoms with Crippen molar-refractivity contribution in [3.05, 3.63) is 65.1 Å². The molecular weight excluding hydrogens is 354 g/mol. The molecule has 4 nitrogen and oxygen atoms in total. The van der Waals surface area contributed by atoms with Crippen molar-refractivity contribution in [2.45, 2.75) is 18.6 Å². The lowest BCUT2D eigenvalue weighted by atomic mass is 10.1. The molecule has 0 spiro atoms. The first-order valence-corrected chi connectivity index (χ1v) is 9.75. The number of halogens is 1. The van der Waals surface area contributed by atoms with Gasteiger partial charge < -0.3 is 10.3 Å². The fourth-order valence-electron chi connectivity index (χ4n) is 2.66. The number of aromatic amines is 1. The number of H-pyrrole nitrogens is 1. The van der Waals surface area contributed by atoms with Crippen molar-refractivity contribution in [3.8, 4) is 0 Å². The van der Waals surface area contributed by atoms with Crippen LogP contribution in [0.3, 0.4) is 0 Å². The molecule has 25 heavy (non-hydrogen) atoms. The van der Waals surface area contributed by atoms with E-state index >= 15 is 0 Å². The van der Waals surface area contributed by atoms with Crippen LogP contribution < -0.4 is 5.32 Å². The summed E-state index contributed by atoms with van der Waals surface area (Å²) in [5, 5.41) is 4.70. The number of hydrogen-bond donors (Lipinski definition) is 2. The van der Waals surface area contributed by atoms with Gasteiger partial charge in [-0.15, -0.1) is 0 Å². The van der Waals surface area contributed by atoms with E-state index in [0.29, 0.717) is 18.1 Å². The highest BCUT2D eigenvalue weighted by molar-refractivity contribution is 7.98. The molecule has 0 unspecified atom stereocenters. The minimum absolute atomic E-state index is 0.0952. The first-order chi connectivity index (χ1) is 12.2. The van der Waals surface area contributed by atoms with Crippen LogP contribution in [0.4, 0.5) is 0 Å². The van der Waals surface area contributed by atoms with Gasteiger partial charge >= 0.3 is 0 Å². The second-order valence-corrected chi connectivity index (χ2v) is 7.24. The van der Waals surface area contributed by atoms with Gasteiger partial charge in [-0.2, -0.15) is 11.8 Å². The summed E-state index contributed by atoms with van der Waals surface area (Å²) in [5.41, 5.74) is 3.45. The maximum Gasteiger partial charge on any atom is 0.220 e. The number of fused-ring (bicyclic) bond motifs is 1. The molecule has 0 aliphatic heterocycles. The topological polar surface area (TPSA) is 57.8 Å². The number of pyridine rings is 1. The van der Waals surface area contributed by atoms with E-state index in [2.05, 4.69) is 21.4 Å². The summed E-state index contributed by atoms with van der Waals surface area (Å²) in [4.78, 5) is 19.2. The number of para-hydroxylation sites is 1. The van der Waals surface area contributed by atoms with Crippen molar-refractivity contribution >= 4 is 40.2 Å². The van der Waals surface area contributed by atoms with Crippen LogP contribution in [0.5, 0.6) is 0 Å². The fraction of sp³-hybridized carbons (Fsp3) is 0.263. The molecule has 0 saturated carbocycles. The number of rotatable bonds is 8. The Morgan fingerprint density at radius 1 is 1.28 bits per heavy atom. The molecule has 3 rings (SSSR count). The number of benzene rings is 1. The monoisotopic (exact) mass is 373 g/mol. The van der Waals surface area contributed by atoms with E-state index in [1.165, 1.54) is 10.9 Å². The maximum absolute atomic E-state index is 12.0. The van der Waals surface area contributed by atoms with Gasteiger partial charge in [0.05, 0.1) is 0 Å². The quantitative estimate of drug-likeness (QED) is 0.459. The molecule has 0 aliphatic carbocycles. The molecule has 0 fully saturated rings. The van der Waals surface area contributed by atoms with Crippen LogP contribution in [0.25, 0.3) is 10.9 Å². The van der Waals surface area contributed by atoms with Gasteiger partial charge in [-0.1, -0.05) is 29.8 Å². The summed E-state index contributed by atoms with van der Waals surface area (Å²) < 4.78 is 0. The molecule has 130 valence electrons. The Morgan fingerprint density at radius 2 is 2.16 bits per heavy atom. The van der Waals surface area contributed by atoms with E-state index in [1.54, 1.807) is 18.0 Å². The van der Waals surface area contributed by atoms with Gasteiger partial charge in [0.25, 0.3) is 0 Å². The van der Waals surface area contributed by atoms with Crippen molar-refractivity contribution in [3.63, 3.8) is 0 Å². The smallest absolute Gasteiger partial charge is 0.220 e. The molecule has 0 saturated heterocycles. The normalized spacial score (nSPS) is 10.9. The second-order valence-electron chi connectivity index (χ2n) is 5.75. The molecule has 1 amide bonds. The molecule has 2 heterocycles. The zero-order chi connectivity index (χ0) is 17.5. The Labute approximate surface area is 156 Å². The van der Waals surface area contributed by atoms with Crippen LogP contribution in [-0.2, 0) is 17.0 Å². The van der Waals surface area contributed by atoms with Gasteiger partial charge in [-0.25, -0.2) is 4.98 Å². The summed E-state index contributed by atoms with van der Waals surface area (Å²) in [6.07, 6.45) is 4.96. The van der Waals surface area contributed by atoms with Crippen LogP contribution >= 0.6 is 23.4 Å². The van der Waals surface area contributed by atoms with Gasteiger partial charge in [0.2, 0.25) is 5.91 Å². The van der Waals surface area contributed by atoms with Crippen molar-refractivity contribution in [2.24, 2.45) is 0 Å². The first-order valence-electron chi connectivity index (χ1n) is 8.22. The van der Waals surface area contributed by atoms with E-state index in [-0.39, 0.29) is 5.91 Å². The lowest BCUT2D eigenvalue weighted by Crippen LogP contribution is -2.25. The third-order valence-corrected chi connectivity index (χ3v) is 5.16. The van der Waals surface area contributed by atoms with E-state index in [9.17, 15) is 4.79 Å². The van der Waals surface area contributed by atoms with Crippen molar-refractivity contribution in [1.29, 1.82) is 0 Å². The Hall–Kier alpha value is -1.98. The lowest BCUT2D eigenvalue weighted by molar-refractivity contribution is -0.120. The van der Waals surface area contributed by atoms with E-state index < -0.39 is 0 Å². The number of thioether (sulfide) groups is 1. The van der Waals surface area contributed by atoms with Crippen molar-refractivity contribution in [1.82, 2.24) is 15.3 Å². The number of hydrogen-bond acceptors (Lipinski definition) is 3. The van der Waals surface area contributed by atoms with Gasteiger partial charge in [-0.05, 0) is 35.7 Å². The second kappa shape index (κ2) is 8.92. The molecule has 2 aromatic heterocycles. The lowest BCUT2D eigenvalue weighted by Gasteiger charge is -2.05. The number of carbonyl (C=O) groups excluding carboxylic acids is 1. The molecule has 6 heteroatoms. The average molecular weight is 374 g/mol. The molecule has 0 aliphatic rings. The highest BCUT2D eigenvalue weighted by Crippen LogP contribution is 2.19. The van der Waals surface area contributed by atoms with Gasteiger partial charge in [0.15, 0.2) is 0 Å². The average Bonchev–Trinajstić information content (AvgIpc) is 3.03. The van der Waals surface area contributed by atoms with Gasteiger partial charge in [-0.3, -0.25) is 4.79 Å². The molecule has 2 N–H and O–H groups in total. The summed E-state index contributed by atoms with van der Waals surface area (Å²) in [6, 6.07) is 12.0. The Balaban J connectivity index is 1.34.